The largest absolute Gasteiger partial charge is 0.374 e. The van der Waals surface area contributed by atoms with Crippen molar-refractivity contribution in [3.8, 4) is 0 Å². The van der Waals surface area contributed by atoms with Crippen LogP contribution in [0.3, 0.4) is 0 Å². The van der Waals surface area contributed by atoms with Crippen LogP contribution in [0.2, 0.25) is 0 Å². The summed E-state index contributed by atoms with van der Waals surface area (Å²) in [5, 5.41) is -0.550. The molecule has 3 rings (SSSR count). The standard InChI is InChI=1S/C16H23N3O4S/c1-18-7-8-23-14(10-18)9-17-24(21,22)15-11-19(12-15)16(20)13-5-3-2-4-6-13/h2-6,14-15,17H,7-12H2,1H3. The minimum absolute atomic E-state index is 0.124. The second kappa shape index (κ2) is 7.18. The Morgan fingerprint density at radius 2 is 1.96 bits per heavy atom. The third-order valence-corrected chi connectivity index (χ3v) is 6.19. The number of morpholine rings is 1. The average Bonchev–Trinajstić information content (AvgIpc) is 2.52. The molecule has 7 nitrogen and oxygen atoms in total. The van der Waals surface area contributed by atoms with Crippen molar-refractivity contribution in [1.82, 2.24) is 14.5 Å². The van der Waals surface area contributed by atoms with E-state index in [9.17, 15) is 13.2 Å². The van der Waals surface area contributed by atoms with E-state index in [0.717, 1.165) is 6.54 Å². The fraction of sp³-hybridized carbons (Fsp3) is 0.562. The van der Waals surface area contributed by atoms with Gasteiger partial charge in [-0.1, -0.05) is 18.2 Å². The minimum atomic E-state index is -3.43. The Hall–Kier alpha value is -1.48. The fourth-order valence-corrected chi connectivity index (χ4v) is 4.29. The molecule has 1 unspecified atom stereocenters. The summed E-state index contributed by atoms with van der Waals surface area (Å²) in [6.45, 7) is 2.93. The molecule has 2 aliphatic rings. The molecule has 0 radical (unpaired) electrons. The summed E-state index contributed by atoms with van der Waals surface area (Å²) in [6.07, 6.45) is -0.124. The highest BCUT2D eigenvalue weighted by Gasteiger charge is 2.40. The highest BCUT2D eigenvalue weighted by atomic mass is 32.2. The third kappa shape index (κ3) is 3.94. The second-order valence-corrected chi connectivity index (χ2v) is 8.39. The van der Waals surface area contributed by atoms with Crippen LogP contribution >= 0.6 is 0 Å². The molecule has 2 fully saturated rings. The Balaban J connectivity index is 1.48. The van der Waals surface area contributed by atoms with Crippen molar-refractivity contribution < 1.29 is 17.9 Å². The summed E-state index contributed by atoms with van der Waals surface area (Å²) in [7, 11) is -1.44. The predicted octanol–water partition coefficient (Wildman–Crippen LogP) is -0.239. The van der Waals surface area contributed by atoms with Crippen molar-refractivity contribution >= 4 is 15.9 Å². The highest BCUT2D eigenvalue weighted by Crippen LogP contribution is 2.18. The predicted molar refractivity (Wildman–Crippen MR) is 90.3 cm³/mol. The second-order valence-electron chi connectivity index (χ2n) is 6.35. The first kappa shape index (κ1) is 17.3. The van der Waals surface area contributed by atoms with Crippen molar-refractivity contribution in [1.29, 1.82) is 0 Å². The van der Waals surface area contributed by atoms with Crippen molar-refractivity contribution in [2.24, 2.45) is 0 Å². The Bertz CT molecular complexity index is 674. The number of sulfonamides is 1. The van der Waals surface area contributed by atoms with E-state index in [1.54, 1.807) is 29.2 Å². The van der Waals surface area contributed by atoms with Crippen LogP contribution in [-0.2, 0) is 14.8 Å². The number of rotatable bonds is 5. The third-order valence-electron chi connectivity index (χ3n) is 4.45. The lowest BCUT2D eigenvalue weighted by Crippen LogP contribution is -2.60. The van der Waals surface area contributed by atoms with Gasteiger partial charge in [0, 0.05) is 38.3 Å². The average molecular weight is 353 g/mol. The van der Waals surface area contributed by atoms with E-state index in [-0.39, 0.29) is 31.6 Å². The van der Waals surface area contributed by atoms with E-state index in [4.69, 9.17) is 4.74 Å². The van der Waals surface area contributed by atoms with Gasteiger partial charge >= 0.3 is 0 Å². The number of amides is 1. The number of carbonyl (C=O) groups excluding carboxylic acids is 1. The molecule has 1 amide bonds. The minimum Gasteiger partial charge on any atom is -0.374 e. The molecule has 0 spiro atoms. The molecule has 1 aromatic rings. The molecule has 2 aliphatic heterocycles. The van der Waals surface area contributed by atoms with Crippen LogP contribution in [0.5, 0.6) is 0 Å². The van der Waals surface area contributed by atoms with Crippen LogP contribution in [0.25, 0.3) is 0 Å². The molecular weight excluding hydrogens is 330 g/mol. The normalized spacial score (nSPS) is 23.0. The van der Waals surface area contributed by atoms with Crippen molar-refractivity contribution in [3.05, 3.63) is 35.9 Å². The number of benzene rings is 1. The quantitative estimate of drug-likeness (QED) is 0.791. The number of nitrogens with zero attached hydrogens (tertiary/aromatic N) is 2. The van der Waals surface area contributed by atoms with E-state index in [1.807, 2.05) is 13.1 Å². The summed E-state index contributed by atoms with van der Waals surface area (Å²) in [4.78, 5) is 15.9. The van der Waals surface area contributed by atoms with Crippen LogP contribution in [0.1, 0.15) is 10.4 Å². The van der Waals surface area contributed by atoms with Crippen LogP contribution in [0, 0.1) is 0 Å². The van der Waals surface area contributed by atoms with Gasteiger partial charge in [-0.25, -0.2) is 13.1 Å². The molecule has 0 bridgehead atoms. The maximum atomic E-state index is 12.3. The smallest absolute Gasteiger partial charge is 0.253 e. The first-order valence-corrected chi connectivity index (χ1v) is 9.63. The molecule has 24 heavy (non-hydrogen) atoms. The first-order valence-electron chi connectivity index (χ1n) is 8.08. The number of ether oxygens (including phenoxy) is 1. The van der Waals surface area contributed by atoms with Crippen molar-refractivity contribution in [2.45, 2.75) is 11.4 Å². The number of nitrogens with one attached hydrogen (secondary N) is 1. The Kier molecular flexibility index (Phi) is 5.19. The summed E-state index contributed by atoms with van der Waals surface area (Å²) < 4.78 is 32.8. The molecule has 1 N–H and O–H groups in total. The van der Waals surface area contributed by atoms with Crippen molar-refractivity contribution in [2.75, 3.05) is 46.4 Å². The van der Waals surface area contributed by atoms with Gasteiger partial charge in [-0.05, 0) is 19.2 Å². The highest BCUT2D eigenvalue weighted by molar-refractivity contribution is 7.90. The number of hydrogen-bond acceptors (Lipinski definition) is 5. The molecule has 1 aromatic carbocycles. The van der Waals surface area contributed by atoms with E-state index in [2.05, 4.69) is 9.62 Å². The van der Waals surface area contributed by atoms with Gasteiger partial charge in [0.15, 0.2) is 0 Å². The molecule has 8 heteroatoms. The molecule has 1 atom stereocenters. The van der Waals surface area contributed by atoms with Gasteiger partial charge in [-0.3, -0.25) is 4.79 Å². The SMILES string of the molecule is CN1CCOC(CNS(=O)(=O)C2CN(C(=O)c3ccccc3)C2)C1. The molecule has 0 aromatic heterocycles. The topological polar surface area (TPSA) is 79.0 Å². The van der Waals surface area contributed by atoms with Gasteiger partial charge in [0.25, 0.3) is 5.91 Å². The zero-order chi connectivity index (χ0) is 17.2. The van der Waals surface area contributed by atoms with Gasteiger partial charge in [-0.15, -0.1) is 0 Å². The Morgan fingerprint density at radius 1 is 1.25 bits per heavy atom. The zero-order valence-electron chi connectivity index (χ0n) is 13.7. The van der Waals surface area contributed by atoms with Gasteiger partial charge in [0.2, 0.25) is 10.0 Å². The Morgan fingerprint density at radius 3 is 2.62 bits per heavy atom. The zero-order valence-corrected chi connectivity index (χ0v) is 14.5. The molecule has 2 saturated heterocycles. The van der Waals surface area contributed by atoms with Gasteiger partial charge in [-0.2, -0.15) is 0 Å². The van der Waals surface area contributed by atoms with Crippen LogP contribution in [0.4, 0.5) is 0 Å². The lowest BCUT2D eigenvalue weighted by atomic mass is 10.1. The van der Waals surface area contributed by atoms with Crippen molar-refractivity contribution in [3.63, 3.8) is 0 Å². The number of likely N-dealkylation sites (tertiary alicyclic amines) is 1. The van der Waals surface area contributed by atoms with Crippen LogP contribution in [-0.4, -0.2) is 81.9 Å². The van der Waals surface area contributed by atoms with E-state index in [0.29, 0.717) is 18.7 Å². The summed E-state index contributed by atoms with van der Waals surface area (Å²) in [5.41, 5.74) is 0.583. The molecule has 0 saturated carbocycles. The molecular formula is C16H23N3O4S. The lowest BCUT2D eigenvalue weighted by molar-refractivity contribution is -0.0157. The van der Waals surface area contributed by atoms with Gasteiger partial charge in [0.1, 0.15) is 5.25 Å². The molecule has 132 valence electrons. The summed E-state index contributed by atoms with van der Waals surface area (Å²) in [5.74, 6) is -0.126. The summed E-state index contributed by atoms with van der Waals surface area (Å²) >= 11 is 0. The fourth-order valence-electron chi connectivity index (χ4n) is 2.88. The van der Waals surface area contributed by atoms with E-state index in [1.165, 1.54) is 0 Å². The lowest BCUT2D eigenvalue weighted by Gasteiger charge is -2.39. The summed E-state index contributed by atoms with van der Waals surface area (Å²) in [6, 6.07) is 8.90. The number of hydrogen-bond donors (Lipinski definition) is 1. The monoisotopic (exact) mass is 353 g/mol. The number of likely N-dealkylation sites (N-methyl/N-ethyl adjacent to an activating group) is 1. The maximum absolute atomic E-state index is 12.3. The van der Waals surface area contributed by atoms with Crippen LogP contribution in [0.15, 0.2) is 30.3 Å². The van der Waals surface area contributed by atoms with E-state index < -0.39 is 15.3 Å². The van der Waals surface area contributed by atoms with Crippen LogP contribution < -0.4 is 4.72 Å². The van der Waals surface area contributed by atoms with Gasteiger partial charge < -0.3 is 14.5 Å². The first-order chi connectivity index (χ1) is 11.5. The number of carbonyl (C=O) groups is 1. The molecule has 2 heterocycles. The van der Waals surface area contributed by atoms with Gasteiger partial charge in [0.05, 0.1) is 12.7 Å². The molecule has 0 aliphatic carbocycles. The van der Waals surface area contributed by atoms with E-state index >= 15 is 0 Å². The Labute approximate surface area is 142 Å². The maximum Gasteiger partial charge on any atom is 0.253 e.